The Morgan fingerprint density at radius 3 is 2.47 bits per heavy atom. The second kappa shape index (κ2) is 5.69. The molecule has 0 aliphatic carbocycles. The van der Waals surface area contributed by atoms with Crippen molar-refractivity contribution in [3.63, 3.8) is 0 Å². The topological polar surface area (TPSA) is 63.8 Å². The molecular formula is C15H20N4. The van der Waals surface area contributed by atoms with Gasteiger partial charge in [-0.1, -0.05) is 26.0 Å². The molecule has 19 heavy (non-hydrogen) atoms. The van der Waals surface area contributed by atoms with E-state index in [0.29, 0.717) is 5.92 Å². The van der Waals surface area contributed by atoms with E-state index in [0.717, 1.165) is 29.6 Å². The summed E-state index contributed by atoms with van der Waals surface area (Å²) in [5.41, 5.74) is 8.61. The number of nitrogens with zero attached hydrogens (tertiary/aromatic N) is 2. The third-order valence-corrected chi connectivity index (χ3v) is 2.84. The van der Waals surface area contributed by atoms with Gasteiger partial charge in [-0.05, 0) is 24.6 Å². The van der Waals surface area contributed by atoms with Crippen molar-refractivity contribution in [3.8, 4) is 0 Å². The van der Waals surface area contributed by atoms with E-state index in [9.17, 15) is 0 Å². The van der Waals surface area contributed by atoms with Crippen LogP contribution < -0.4 is 11.1 Å². The van der Waals surface area contributed by atoms with Crippen LogP contribution in [0, 0.1) is 6.92 Å². The van der Waals surface area contributed by atoms with Gasteiger partial charge in [-0.2, -0.15) is 0 Å². The largest absolute Gasteiger partial charge is 0.399 e. The Morgan fingerprint density at radius 1 is 1.16 bits per heavy atom. The zero-order valence-corrected chi connectivity index (χ0v) is 11.6. The molecule has 4 nitrogen and oxygen atoms in total. The van der Waals surface area contributed by atoms with Crippen LogP contribution in [-0.4, -0.2) is 9.97 Å². The predicted octanol–water partition coefficient (Wildman–Crippen LogP) is 3.10. The molecule has 1 aromatic carbocycles. The molecule has 1 aromatic heterocycles. The van der Waals surface area contributed by atoms with Gasteiger partial charge in [0.15, 0.2) is 0 Å². The van der Waals surface area contributed by atoms with E-state index in [2.05, 4.69) is 29.1 Å². The first kappa shape index (κ1) is 13.3. The molecule has 0 spiro atoms. The van der Waals surface area contributed by atoms with Gasteiger partial charge in [-0.25, -0.2) is 9.97 Å². The number of aryl methyl sites for hydroxylation is 1. The molecule has 0 amide bonds. The molecule has 0 saturated heterocycles. The molecule has 0 unspecified atom stereocenters. The van der Waals surface area contributed by atoms with Crippen molar-refractivity contribution in [1.82, 2.24) is 9.97 Å². The van der Waals surface area contributed by atoms with Gasteiger partial charge in [0.2, 0.25) is 0 Å². The first-order chi connectivity index (χ1) is 9.04. The molecule has 0 bridgehead atoms. The summed E-state index contributed by atoms with van der Waals surface area (Å²) in [6, 6.07) is 9.80. The average Bonchev–Trinajstić information content (AvgIpc) is 2.37. The standard InChI is InChI=1S/C15H20N4/c1-10(2)15-18-11(3)8-14(19-15)17-9-12-4-6-13(16)7-5-12/h4-8,10H,9,16H2,1-3H3,(H,17,18,19). The molecule has 0 atom stereocenters. The van der Waals surface area contributed by atoms with E-state index >= 15 is 0 Å². The van der Waals surface area contributed by atoms with Crippen LogP contribution in [0.1, 0.15) is 36.8 Å². The van der Waals surface area contributed by atoms with Gasteiger partial charge in [0.25, 0.3) is 0 Å². The van der Waals surface area contributed by atoms with E-state index in [1.807, 2.05) is 37.3 Å². The van der Waals surface area contributed by atoms with E-state index in [-0.39, 0.29) is 0 Å². The molecule has 2 aromatic rings. The van der Waals surface area contributed by atoms with Crippen LogP contribution in [0.4, 0.5) is 11.5 Å². The summed E-state index contributed by atoms with van der Waals surface area (Å²) in [7, 11) is 0. The smallest absolute Gasteiger partial charge is 0.133 e. The minimum Gasteiger partial charge on any atom is -0.399 e. The fraction of sp³-hybridized carbons (Fsp3) is 0.333. The lowest BCUT2D eigenvalue weighted by Gasteiger charge is -2.10. The molecular weight excluding hydrogens is 236 g/mol. The number of rotatable bonds is 4. The Labute approximate surface area is 114 Å². The minimum atomic E-state index is 0.331. The number of anilines is 2. The van der Waals surface area contributed by atoms with Crippen molar-refractivity contribution >= 4 is 11.5 Å². The van der Waals surface area contributed by atoms with Gasteiger partial charge in [0, 0.05) is 29.9 Å². The highest BCUT2D eigenvalue weighted by Crippen LogP contribution is 2.14. The summed E-state index contributed by atoms with van der Waals surface area (Å²) in [6.45, 7) is 6.91. The highest BCUT2D eigenvalue weighted by atomic mass is 15.0. The molecule has 1 heterocycles. The molecule has 2 rings (SSSR count). The molecule has 0 radical (unpaired) electrons. The number of nitrogen functional groups attached to an aromatic ring is 1. The zero-order chi connectivity index (χ0) is 13.8. The van der Waals surface area contributed by atoms with Crippen molar-refractivity contribution in [2.75, 3.05) is 11.1 Å². The fourth-order valence-corrected chi connectivity index (χ4v) is 1.77. The first-order valence-corrected chi connectivity index (χ1v) is 6.48. The van der Waals surface area contributed by atoms with Crippen LogP contribution in [0.2, 0.25) is 0 Å². The lowest BCUT2D eigenvalue weighted by atomic mass is 10.2. The second-order valence-electron chi connectivity index (χ2n) is 5.00. The van der Waals surface area contributed by atoms with Crippen molar-refractivity contribution in [1.29, 1.82) is 0 Å². The highest BCUT2D eigenvalue weighted by molar-refractivity contribution is 5.41. The Morgan fingerprint density at radius 2 is 1.84 bits per heavy atom. The summed E-state index contributed by atoms with van der Waals surface area (Å²) >= 11 is 0. The van der Waals surface area contributed by atoms with Crippen LogP contribution in [0.15, 0.2) is 30.3 Å². The summed E-state index contributed by atoms with van der Waals surface area (Å²) in [5, 5.41) is 3.32. The van der Waals surface area contributed by atoms with E-state index in [4.69, 9.17) is 5.73 Å². The first-order valence-electron chi connectivity index (χ1n) is 6.48. The number of aromatic nitrogens is 2. The molecule has 0 fully saturated rings. The number of benzene rings is 1. The number of nitrogens with one attached hydrogen (secondary N) is 1. The van der Waals surface area contributed by atoms with Crippen LogP contribution in [0.5, 0.6) is 0 Å². The quantitative estimate of drug-likeness (QED) is 0.825. The highest BCUT2D eigenvalue weighted by Gasteiger charge is 2.05. The van der Waals surface area contributed by atoms with Crippen LogP contribution in [-0.2, 0) is 6.54 Å². The Kier molecular flexibility index (Phi) is 4.00. The number of nitrogens with two attached hydrogens (primary N) is 1. The van der Waals surface area contributed by atoms with Gasteiger partial charge in [0.05, 0.1) is 0 Å². The van der Waals surface area contributed by atoms with Gasteiger partial charge in [0.1, 0.15) is 11.6 Å². The van der Waals surface area contributed by atoms with Gasteiger partial charge >= 0.3 is 0 Å². The van der Waals surface area contributed by atoms with Crippen LogP contribution >= 0.6 is 0 Å². The van der Waals surface area contributed by atoms with Crippen LogP contribution in [0.3, 0.4) is 0 Å². The van der Waals surface area contributed by atoms with Crippen LogP contribution in [0.25, 0.3) is 0 Å². The Bertz CT molecular complexity index is 547. The number of hydrogen-bond acceptors (Lipinski definition) is 4. The average molecular weight is 256 g/mol. The summed E-state index contributed by atoms with van der Waals surface area (Å²) < 4.78 is 0. The Hall–Kier alpha value is -2.10. The van der Waals surface area contributed by atoms with E-state index in [1.165, 1.54) is 5.56 Å². The number of hydrogen-bond donors (Lipinski definition) is 2. The molecule has 0 aliphatic heterocycles. The van der Waals surface area contributed by atoms with Gasteiger partial charge < -0.3 is 11.1 Å². The lowest BCUT2D eigenvalue weighted by molar-refractivity contribution is 0.766. The summed E-state index contributed by atoms with van der Waals surface area (Å²) in [4.78, 5) is 8.95. The van der Waals surface area contributed by atoms with E-state index in [1.54, 1.807) is 0 Å². The minimum absolute atomic E-state index is 0.331. The third-order valence-electron chi connectivity index (χ3n) is 2.84. The maximum absolute atomic E-state index is 5.67. The predicted molar refractivity (Wildman–Crippen MR) is 79.0 cm³/mol. The van der Waals surface area contributed by atoms with Crippen molar-refractivity contribution < 1.29 is 0 Å². The molecule has 0 aliphatic rings. The lowest BCUT2D eigenvalue weighted by Crippen LogP contribution is -2.06. The molecule has 4 heteroatoms. The molecule has 0 saturated carbocycles. The summed E-state index contributed by atoms with van der Waals surface area (Å²) in [5.74, 6) is 2.07. The normalized spacial score (nSPS) is 10.7. The van der Waals surface area contributed by atoms with Crippen molar-refractivity contribution in [3.05, 3.63) is 47.4 Å². The maximum Gasteiger partial charge on any atom is 0.133 e. The Balaban J connectivity index is 2.08. The summed E-state index contributed by atoms with van der Waals surface area (Å²) in [6.07, 6.45) is 0. The fourth-order valence-electron chi connectivity index (χ4n) is 1.77. The zero-order valence-electron chi connectivity index (χ0n) is 11.6. The van der Waals surface area contributed by atoms with Gasteiger partial charge in [-0.3, -0.25) is 0 Å². The SMILES string of the molecule is Cc1cc(NCc2ccc(N)cc2)nc(C(C)C)n1. The van der Waals surface area contributed by atoms with Gasteiger partial charge in [-0.15, -0.1) is 0 Å². The van der Waals surface area contributed by atoms with E-state index < -0.39 is 0 Å². The second-order valence-corrected chi connectivity index (χ2v) is 5.00. The third kappa shape index (κ3) is 3.68. The van der Waals surface area contributed by atoms with Crippen molar-refractivity contribution in [2.24, 2.45) is 0 Å². The molecule has 100 valence electrons. The van der Waals surface area contributed by atoms with Crippen molar-refractivity contribution in [2.45, 2.75) is 33.2 Å². The monoisotopic (exact) mass is 256 g/mol. The maximum atomic E-state index is 5.67. The molecule has 3 N–H and O–H groups in total.